The number of allylic oxidation sites excluding steroid dienone is 2. The van der Waals surface area contributed by atoms with Crippen molar-refractivity contribution in [3.63, 3.8) is 0 Å². The van der Waals surface area contributed by atoms with Gasteiger partial charge in [-0.1, -0.05) is 71.8 Å². The first-order valence-electron chi connectivity index (χ1n) is 16.8. The Hall–Kier alpha value is -5.48. The van der Waals surface area contributed by atoms with Crippen LogP contribution in [0.4, 0.5) is 10.1 Å². The van der Waals surface area contributed by atoms with Crippen molar-refractivity contribution >= 4 is 40.9 Å². The highest BCUT2D eigenvalue weighted by Gasteiger charge is 2.70. The van der Waals surface area contributed by atoms with Crippen molar-refractivity contribution in [3.05, 3.63) is 136 Å². The van der Waals surface area contributed by atoms with Crippen molar-refractivity contribution in [3.8, 4) is 11.5 Å². The molecule has 2 aliphatic carbocycles. The lowest BCUT2D eigenvalue weighted by Crippen LogP contribution is -2.53. The summed E-state index contributed by atoms with van der Waals surface area (Å²) in [4.78, 5) is 59.5. The zero-order valence-electron chi connectivity index (χ0n) is 27.5. The number of rotatable bonds is 7. The molecule has 2 aliphatic heterocycles. The standard InChI is InChI=1S/C40H33ClFN3O6/c1-51-33-19-23(7-18-32(33)46)35-28-16-17-29-34(38(49)44(36(29)47)21-22-5-3-2-4-6-22)30(28)20-31-37(48)45(43-27-14-12-26(42)13-15-27)39(50)40(31,35)24-8-10-25(41)11-9-24/h2-16,18-19,29-31,34-35,43,46H,17,20-21H2,1H3. The van der Waals surface area contributed by atoms with Crippen LogP contribution in [0.15, 0.2) is 109 Å². The number of ether oxygens (including phenoxy) is 1. The van der Waals surface area contributed by atoms with Gasteiger partial charge < -0.3 is 9.84 Å². The number of carbonyl (C=O) groups excluding carboxylic acids is 4. The number of anilines is 1. The third kappa shape index (κ3) is 5.03. The van der Waals surface area contributed by atoms with Gasteiger partial charge in [0.15, 0.2) is 11.5 Å². The molecule has 1 saturated carbocycles. The van der Waals surface area contributed by atoms with E-state index in [0.29, 0.717) is 21.8 Å². The molecule has 0 radical (unpaired) electrons. The number of likely N-dealkylation sites (tertiary alicyclic amines) is 1. The van der Waals surface area contributed by atoms with Gasteiger partial charge in [0.2, 0.25) is 11.8 Å². The Bertz CT molecular complexity index is 2110. The van der Waals surface area contributed by atoms with Crippen LogP contribution in [0.25, 0.3) is 0 Å². The minimum absolute atomic E-state index is 0.107. The van der Waals surface area contributed by atoms with Crippen LogP contribution in [-0.2, 0) is 31.1 Å². The third-order valence-corrected chi connectivity index (χ3v) is 11.3. The van der Waals surface area contributed by atoms with Crippen molar-refractivity contribution < 1.29 is 33.4 Å². The van der Waals surface area contributed by atoms with Crippen LogP contribution in [0.3, 0.4) is 0 Å². The molecule has 11 heteroatoms. The van der Waals surface area contributed by atoms with E-state index in [9.17, 15) is 23.9 Å². The molecule has 6 unspecified atom stereocenters. The van der Waals surface area contributed by atoms with Gasteiger partial charge in [0.05, 0.1) is 42.5 Å². The Morgan fingerprint density at radius 2 is 1.63 bits per heavy atom. The second kappa shape index (κ2) is 12.4. The summed E-state index contributed by atoms with van der Waals surface area (Å²) in [5.41, 5.74) is 4.44. The van der Waals surface area contributed by atoms with Gasteiger partial charge in [-0.05, 0) is 84.0 Å². The molecule has 258 valence electrons. The largest absolute Gasteiger partial charge is 0.504 e. The summed E-state index contributed by atoms with van der Waals surface area (Å²) in [6.07, 6.45) is 2.36. The zero-order chi connectivity index (χ0) is 35.6. The summed E-state index contributed by atoms with van der Waals surface area (Å²) in [6.45, 7) is 0.136. The molecular formula is C40H33ClFN3O6. The van der Waals surface area contributed by atoms with Crippen LogP contribution in [0.2, 0.25) is 5.02 Å². The van der Waals surface area contributed by atoms with Crippen molar-refractivity contribution in [2.24, 2.45) is 23.7 Å². The maximum absolute atomic E-state index is 15.2. The molecule has 2 heterocycles. The molecule has 4 aromatic rings. The molecule has 0 spiro atoms. The first-order chi connectivity index (χ1) is 24.6. The van der Waals surface area contributed by atoms with Gasteiger partial charge in [-0.25, -0.2) is 4.39 Å². The fourth-order valence-electron chi connectivity index (χ4n) is 8.89. The van der Waals surface area contributed by atoms with Crippen LogP contribution in [0.1, 0.15) is 35.4 Å². The Labute approximate surface area is 298 Å². The van der Waals surface area contributed by atoms with Crippen LogP contribution in [0.5, 0.6) is 11.5 Å². The molecule has 2 saturated heterocycles. The Morgan fingerprint density at radius 1 is 0.902 bits per heavy atom. The number of phenolic OH excluding ortho intramolecular Hbond substituents is 1. The van der Waals surface area contributed by atoms with Gasteiger partial charge in [0, 0.05) is 10.9 Å². The number of hydrogen-bond acceptors (Lipinski definition) is 7. The number of fused-ring (bicyclic) bond motifs is 4. The predicted octanol–water partition coefficient (Wildman–Crippen LogP) is 6.38. The molecule has 51 heavy (non-hydrogen) atoms. The Morgan fingerprint density at radius 3 is 2.33 bits per heavy atom. The first-order valence-corrected chi connectivity index (χ1v) is 17.1. The van der Waals surface area contributed by atoms with Crippen LogP contribution < -0.4 is 10.2 Å². The number of amides is 4. The molecular weight excluding hydrogens is 673 g/mol. The number of aromatic hydroxyl groups is 1. The number of nitrogens with one attached hydrogen (secondary N) is 1. The monoisotopic (exact) mass is 705 g/mol. The number of nitrogens with zero attached hydrogens (tertiary/aromatic N) is 2. The second-order valence-electron chi connectivity index (χ2n) is 13.6. The van der Waals surface area contributed by atoms with Crippen molar-refractivity contribution in [1.82, 2.24) is 9.91 Å². The average molecular weight is 706 g/mol. The van der Waals surface area contributed by atoms with Gasteiger partial charge in [0.25, 0.3) is 11.8 Å². The summed E-state index contributed by atoms with van der Waals surface area (Å²) in [6, 6.07) is 26.3. The smallest absolute Gasteiger partial charge is 0.260 e. The van der Waals surface area contributed by atoms with Crippen molar-refractivity contribution in [1.29, 1.82) is 0 Å². The van der Waals surface area contributed by atoms with E-state index in [1.807, 2.05) is 36.4 Å². The minimum atomic E-state index is -1.54. The molecule has 0 bridgehead atoms. The van der Waals surface area contributed by atoms with Gasteiger partial charge in [-0.15, -0.1) is 0 Å². The summed E-state index contributed by atoms with van der Waals surface area (Å²) in [5.74, 6) is -5.75. The lowest BCUT2D eigenvalue weighted by atomic mass is 9.49. The van der Waals surface area contributed by atoms with Crippen LogP contribution >= 0.6 is 11.6 Å². The molecule has 4 aromatic carbocycles. The number of hydrogen-bond donors (Lipinski definition) is 2. The van der Waals surface area contributed by atoms with Crippen molar-refractivity contribution in [2.45, 2.75) is 30.7 Å². The second-order valence-corrected chi connectivity index (χ2v) is 14.0. The number of imide groups is 2. The molecule has 8 rings (SSSR count). The fourth-order valence-corrected chi connectivity index (χ4v) is 9.02. The maximum Gasteiger partial charge on any atom is 0.260 e. The van der Waals surface area contributed by atoms with E-state index in [1.54, 1.807) is 36.4 Å². The fraction of sp³-hybridized carbons (Fsp3) is 0.250. The average Bonchev–Trinajstić information content (AvgIpc) is 3.50. The topological polar surface area (TPSA) is 116 Å². The molecule has 6 atom stereocenters. The molecule has 4 amide bonds. The predicted molar refractivity (Wildman–Crippen MR) is 186 cm³/mol. The lowest BCUT2D eigenvalue weighted by molar-refractivity contribution is -0.142. The molecule has 4 aliphatic rings. The zero-order valence-corrected chi connectivity index (χ0v) is 28.2. The Kier molecular flexibility index (Phi) is 7.94. The summed E-state index contributed by atoms with van der Waals surface area (Å²) in [7, 11) is 1.42. The normalized spacial score (nSPS) is 26.8. The molecule has 0 aromatic heterocycles. The Balaban J connectivity index is 1.31. The number of methoxy groups -OCH3 is 1. The van der Waals surface area contributed by atoms with E-state index in [0.717, 1.165) is 16.1 Å². The highest BCUT2D eigenvalue weighted by atomic mass is 35.5. The van der Waals surface area contributed by atoms with Gasteiger partial charge >= 0.3 is 0 Å². The lowest BCUT2D eigenvalue weighted by Gasteiger charge is -2.50. The third-order valence-electron chi connectivity index (χ3n) is 11.1. The van der Waals surface area contributed by atoms with Crippen LogP contribution in [0, 0.1) is 29.5 Å². The van der Waals surface area contributed by atoms with E-state index >= 15 is 4.79 Å². The van der Waals surface area contributed by atoms with E-state index < -0.39 is 52.6 Å². The number of hydrazine groups is 1. The number of carbonyl (C=O) groups is 4. The summed E-state index contributed by atoms with van der Waals surface area (Å²) < 4.78 is 19.4. The minimum Gasteiger partial charge on any atom is -0.504 e. The van der Waals surface area contributed by atoms with E-state index in [4.69, 9.17) is 16.3 Å². The van der Waals surface area contributed by atoms with Crippen LogP contribution in [-0.4, -0.2) is 45.8 Å². The number of halogens is 2. The van der Waals surface area contributed by atoms with E-state index in [2.05, 4.69) is 5.43 Å². The number of phenols is 1. The number of benzene rings is 4. The summed E-state index contributed by atoms with van der Waals surface area (Å²) in [5, 5.41) is 12.0. The highest BCUT2D eigenvalue weighted by Crippen LogP contribution is 2.64. The van der Waals surface area contributed by atoms with Crippen molar-refractivity contribution in [2.75, 3.05) is 12.5 Å². The SMILES string of the molecule is COc1cc(C2C3=CCC4C(=O)N(Cc5ccccc5)C(=O)C4C3CC3C(=O)N(Nc4ccc(F)cc4)C(=O)C32c2ccc(Cl)cc2)ccc1O. The molecule has 9 nitrogen and oxygen atoms in total. The highest BCUT2D eigenvalue weighted by molar-refractivity contribution is 6.30. The summed E-state index contributed by atoms with van der Waals surface area (Å²) >= 11 is 6.35. The molecule has 3 fully saturated rings. The molecule has 2 N–H and O–H groups in total. The van der Waals surface area contributed by atoms with Gasteiger partial charge in [0.1, 0.15) is 5.82 Å². The van der Waals surface area contributed by atoms with Gasteiger partial charge in [-0.2, -0.15) is 5.01 Å². The first kappa shape index (κ1) is 32.7. The van der Waals surface area contributed by atoms with E-state index in [1.165, 1.54) is 42.3 Å². The van der Waals surface area contributed by atoms with E-state index in [-0.39, 0.29) is 42.7 Å². The quantitative estimate of drug-likeness (QED) is 0.169. The van der Waals surface area contributed by atoms with Gasteiger partial charge in [-0.3, -0.25) is 29.5 Å². The maximum atomic E-state index is 15.2.